The molecule has 2 unspecified atom stereocenters. The molecule has 9 heteroatoms. The van der Waals surface area contributed by atoms with Crippen LogP contribution in [0.5, 0.6) is 0 Å². The highest BCUT2D eigenvalue weighted by Crippen LogP contribution is 2.37. The maximum atomic E-state index is 10.7. The first-order valence-corrected chi connectivity index (χ1v) is 10.4. The molecule has 1 saturated heterocycles. The number of nitrogens with zero attached hydrogens (tertiary/aromatic N) is 6. The number of aromatic nitrogens is 5. The molecule has 0 spiro atoms. The fourth-order valence-electron chi connectivity index (χ4n) is 3.87. The zero-order chi connectivity index (χ0) is 20.5. The van der Waals surface area contributed by atoms with Gasteiger partial charge in [-0.05, 0) is 49.9 Å². The molecule has 0 bridgehead atoms. The Morgan fingerprint density at radius 3 is 2.90 bits per heavy atom. The van der Waals surface area contributed by atoms with Gasteiger partial charge in [0, 0.05) is 31.0 Å². The van der Waals surface area contributed by atoms with Crippen molar-refractivity contribution >= 4 is 11.5 Å². The van der Waals surface area contributed by atoms with Gasteiger partial charge in [-0.3, -0.25) is 4.98 Å². The molecular formula is C21H25N7O2. The molecule has 156 valence electrons. The molecule has 2 aliphatic rings. The molecule has 1 saturated carbocycles. The molecule has 2 atom stereocenters. The Balaban J connectivity index is 1.32. The third-order valence-corrected chi connectivity index (χ3v) is 5.58. The first-order valence-electron chi connectivity index (χ1n) is 10.4. The number of aliphatic hydroxyl groups is 2. The fourth-order valence-corrected chi connectivity index (χ4v) is 3.87. The van der Waals surface area contributed by atoms with Gasteiger partial charge in [-0.1, -0.05) is 6.07 Å². The molecule has 30 heavy (non-hydrogen) atoms. The van der Waals surface area contributed by atoms with Crippen LogP contribution in [0.25, 0.3) is 11.5 Å². The number of aliphatic hydroxyl groups excluding tert-OH is 2. The smallest absolute Gasteiger partial charge is 0.182 e. The summed E-state index contributed by atoms with van der Waals surface area (Å²) in [6.07, 6.45) is 6.15. The molecule has 3 aromatic rings. The van der Waals surface area contributed by atoms with Crippen molar-refractivity contribution in [3.63, 3.8) is 0 Å². The average Bonchev–Trinajstić information content (AvgIpc) is 3.50. The van der Waals surface area contributed by atoms with Gasteiger partial charge in [0.1, 0.15) is 17.8 Å². The molecule has 9 nitrogen and oxygen atoms in total. The monoisotopic (exact) mass is 407 g/mol. The highest BCUT2D eigenvalue weighted by molar-refractivity contribution is 5.54. The van der Waals surface area contributed by atoms with E-state index in [0.717, 1.165) is 43.7 Å². The lowest BCUT2D eigenvalue weighted by Gasteiger charge is -2.32. The van der Waals surface area contributed by atoms with E-state index in [1.54, 1.807) is 18.6 Å². The molecule has 5 rings (SSSR count). The summed E-state index contributed by atoms with van der Waals surface area (Å²) in [6, 6.07) is 9.78. The normalized spacial score (nSPS) is 20.2. The van der Waals surface area contributed by atoms with Gasteiger partial charge in [0.25, 0.3) is 0 Å². The lowest BCUT2D eigenvalue weighted by molar-refractivity contribution is 0.154. The molecule has 4 heterocycles. The summed E-state index contributed by atoms with van der Waals surface area (Å²) in [5, 5.41) is 31.9. The standard InChI is InChI=1S/C21H25N7O2/c29-16-3-2-10-27(12-16)15-8-9-22-18(11-15)21(30)25-19-5-1-4-17(24-19)20-26-23-13-28(20)14-6-7-14/h1,4-5,8-9,11,13-14,16,21,29-30H,2-3,6-7,10,12H2,(H,24,25). The van der Waals surface area contributed by atoms with Crippen molar-refractivity contribution in [2.45, 2.75) is 44.1 Å². The molecule has 1 aliphatic heterocycles. The number of β-amino-alcohol motifs (C(OH)–C–C–N with tert-alkyl or cyclic N) is 1. The number of rotatable bonds is 6. The summed E-state index contributed by atoms with van der Waals surface area (Å²) in [6.45, 7) is 1.48. The minimum Gasteiger partial charge on any atom is -0.391 e. The molecule has 0 amide bonds. The maximum absolute atomic E-state index is 10.7. The number of piperidine rings is 1. The zero-order valence-corrected chi connectivity index (χ0v) is 16.6. The first-order chi connectivity index (χ1) is 14.7. The van der Waals surface area contributed by atoms with E-state index in [0.29, 0.717) is 29.8 Å². The molecule has 1 aliphatic carbocycles. The van der Waals surface area contributed by atoms with Crippen LogP contribution >= 0.6 is 0 Å². The van der Waals surface area contributed by atoms with Crippen LogP contribution < -0.4 is 10.2 Å². The second-order valence-electron chi connectivity index (χ2n) is 7.93. The van der Waals surface area contributed by atoms with Crippen LogP contribution in [0.3, 0.4) is 0 Å². The van der Waals surface area contributed by atoms with E-state index in [9.17, 15) is 10.2 Å². The van der Waals surface area contributed by atoms with Gasteiger partial charge in [-0.15, -0.1) is 10.2 Å². The number of anilines is 2. The fraction of sp³-hybridized carbons (Fsp3) is 0.429. The predicted octanol–water partition coefficient (Wildman–Crippen LogP) is 2.13. The Bertz CT molecular complexity index is 1020. The van der Waals surface area contributed by atoms with E-state index in [-0.39, 0.29) is 6.10 Å². The second kappa shape index (κ2) is 8.00. The summed E-state index contributed by atoms with van der Waals surface area (Å²) in [5.41, 5.74) is 2.15. The van der Waals surface area contributed by atoms with Gasteiger partial charge >= 0.3 is 0 Å². The summed E-state index contributed by atoms with van der Waals surface area (Å²) in [5.74, 6) is 1.27. The first kappa shape index (κ1) is 19.0. The lowest BCUT2D eigenvalue weighted by atomic mass is 10.1. The average molecular weight is 407 g/mol. The molecule has 3 aromatic heterocycles. The topological polar surface area (TPSA) is 112 Å². The van der Waals surface area contributed by atoms with Crippen LogP contribution in [0.4, 0.5) is 11.5 Å². The Morgan fingerprint density at radius 2 is 2.07 bits per heavy atom. The Hall–Kier alpha value is -3.04. The minimum atomic E-state index is -1.01. The van der Waals surface area contributed by atoms with Crippen LogP contribution in [0, 0.1) is 0 Å². The van der Waals surface area contributed by atoms with E-state index >= 15 is 0 Å². The molecule has 2 fully saturated rings. The Labute approximate surface area is 174 Å². The summed E-state index contributed by atoms with van der Waals surface area (Å²) >= 11 is 0. The van der Waals surface area contributed by atoms with Crippen molar-refractivity contribution in [1.29, 1.82) is 0 Å². The van der Waals surface area contributed by atoms with Crippen LogP contribution in [0.1, 0.15) is 43.6 Å². The van der Waals surface area contributed by atoms with E-state index in [2.05, 4.69) is 34.9 Å². The minimum absolute atomic E-state index is 0.317. The quantitative estimate of drug-likeness (QED) is 0.533. The lowest BCUT2D eigenvalue weighted by Crippen LogP contribution is -2.38. The maximum Gasteiger partial charge on any atom is 0.182 e. The highest BCUT2D eigenvalue weighted by Gasteiger charge is 2.27. The van der Waals surface area contributed by atoms with Gasteiger partial charge < -0.3 is 25.0 Å². The molecule has 0 radical (unpaired) electrons. The molecular weight excluding hydrogens is 382 g/mol. The number of nitrogens with one attached hydrogen (secondary N) is 1. The SMILES string of the molecule is OC1CCCN(c2ccnc(C(O)Nc3cccc(-c4nncn4C4CC4)n3)c2)C1. The van der Waals surface area contributed by atoms with Crippen LogP contribution in [-0.2, 0) is 0 Å². The Morgan fingerprint density at radius 1 is 1.17 bits per heavy atom. The van der Waals surface area contributed by atoms with Gasteiger partial charge in [0.2, 0.25) is 0 Å². The van der Waals surface area contributed by atoms with E-state index in [1.807, 2.05) is 24.3 Å². The van der Waals surface area contributed by atoms with Crippen LogP contribution in [0.15, 0.2) is 42.9 Å². The third kappa shape index (κ3) is 3.99. The van der Waals surface area contributed by atoms with Crippen LogP contribution in [-0.4, -0.2) is 54.1 Å². The van der Waals surface area contributed by atoms with E-state index < -0.39 is 6.23 Å². The predicted molar refractivity (Wildman–Crippen MR) is 112 cm³/mol. The van der Waals surface area contributed by atoms with Gasteiger partial charge in [0.15, 0.2) is 12.1 Å². The van der Waals surface area contributed by atoms with E-state index in [4.69, 9.17) is 0 Å². The van der Waals surface area contributed by atoms with Crippen molar-refractivity contribution < 1.29 is 10.2 Å². The van der Waals surface area contributed by atoms with Gasteiger partial charge in [0.05, 0.1) is 11.8 Å². The number of hydrogen-bond acceptors (Lipinski definition) is 8. The largest absolute Gasteiger partial charge is 0.391 e. The van der Waals surface area contributed by atoms with Crippen molar-refractivity contribution in [2.75, 3.05) is 23.3 Å². The van der Waals surface area contributed by atoms with Crippen molar-refractivity contribution in [3.05, 3.63) is 48.5 Å². The van der Waals surface area contributed by atoms with Gasteiger partial charge in [-0.25, -0.2) is 4.98 Å². The second-order valence-corrected chi connectivity index (χ2v) is 7.93. The van der Waals surface area contributed by atoms with Crippen molar-refractivity contribution in [2.24, 2.45) is 0 Å². The Kier molecular flexibility index (Phi) is 5.06. The highest BCUT2D eigenvalue weighted by atomic mass is 16.3. The molecule has 3 N–H and O–H groups in total. The summed E-state index contributed by atoms with van der Waals surface area (Å²) in [4.78, 5) is 11.0. The summed E-state index contributed by atoms with van der Waals surface area (Å²) in [7, 11) is 0. The third-order valence-electron chi connectivity index (χ3n) is 5.58. The number of pyridine rings is 2. The van der Waals surface area contributed by atoms with Crippen molar-refractivity contribution in [1.82, 2.24) is 24.7 Å². The van der Waals surface area contributed by atoms with E-state index in [1.165, 1.54) is 0 Å². The van der Waals surface area contributed by atoms with Crippen LogP contribution in [0.2, 0.25) is 0 Å². The molecule has 0 aromatic carbocycles. The summed E-state index contributed by atoms with van der Waals surface area (Å²) < 4.78 is 2.06. The zero-order valence-electron chi connectivity index (χ0n) is 16.6. The van der Waals surface area contributed by atoms with Gasteiger partial charge in [-0.2, -0.15) is 0 Å². The van der Waals surface area contributed by atoms with Crippen molar-refractivity contribution in [3.8, 4) is 11.5 Å². The number of hydrogen-bond donors (Lipinski definition) is 3.